The molecule has 7 nitrogen and oxygen atoms in total. The maximum atomic E-state index is 12.7. The van der Waals surface area contributed by atoms with Crippen molar-refractivity contribution in [2.75, 3.05) is 43.4 Å². The third kappa shape index (κ3) is 3.61. The molecule has 1 saturated heterocycles. The van der Waals surface area contributed by atoms with Gasteiger partial charge in [0.25, 0.3) is 0 Å². The molecule has 0 aliphatic carbocycles. The zero-order chi connectivity index (χ0) is 17.3. The molecule has 2 N–H and O–H groups in total. The molecule has 1 amide bonds. The topological polar surface area (TPSA) is 73.4 Å². The Bertz CT molecular complexity index is 606. The minimum atomic E-state index is 0.152. The van der Waals surface area contributed by atoms with E-state index >= 15 is 0 Å². The Morgan fingerprint density at radius 3 is 2.79 bits per heavy atom. The van der Waals surface area contributed by atoms with Crippen molar-refractivity contribution in [2.45, 2.75) is 39.8 Å². The Hall–Kier alpha value is -1.89. The number of nitrogens with zero attached hydrogens (tertiary/aromatic N) is 4. The zero-order valence-corrected chi connectivity index (χ0v) is 15.1. The fourth-order valence-electron chi connectivity index (χ4n) is 3.24. The smallest absolute Gasteiger partial charge is 0.242 e. The van der Waals surface area contributed by atoms with E-state index in [0.29, 0.717) is 13.1 Å². The number of amides is 1. The molecule has 24 heavy (non-hydrogen) atoms. The Balaban J connectivity index is 1.91. The highest BCUT2D eigenvalue weighted by molar-refractivity contribution is 5.84. The molecule has 132 valence electrons. The van der Waals surface area contributed by atoms with Crippen LogP contribution in [-0.4, -0.2) is 60.0 Å². The molecule has 0 bridgehead atoms. The molecular formula is C17H28N6O. The van der Waals surface area contributed by atoms with Gasteiger partial charge < -0.3 is 20.4 Å². The fourth-order valence-corrected chi connectivity index (χ4v) is 3.24. The number of carbonyl (C=O) groups excluding carboxylic acids is 1. The summed E-state index contributed by atoms with van der Waals surface area (Å²) in [5.41, 5.74) is 1.17. The van der Waals surface area contributed by atoms with Crippen LogP contribution in [0.5, 0.6) is 0 Å². The molecule has 3 heterocycles. The van der Waals surface area contributed by atoms with E-state index in [1.165, 1.54) is 0 Å². The third-order valence-electron chi connectivity index (χ3n) is 4.57. The summed E-state index contributed by atoms with van der Waals surface area (Å²) in [6.45, 7) is 10.1. The number of nitrogens with one attached hydrogen (secondary N) is 2. The van der Waals surface area contributed by atoms with Crippen molar-refractivity contribution in [3.8, 4) is 0 Å². The lowest BCUT2D eigenvalue weighted by molar-refractivity contribution is -0.132. The quantitative estimate of drug-likeness (QED) is 0.863. The number of hydrogen-bond donors (Lipinski definition) is 2. The van der Waals surface area contributed by atoms with Gasteiger partial charge in [-0.25, -0.2) is 9.97 Å². The van der Waals surface area contributed by atoms with Crippen LogP contribution in [0.3, 0.4) is 0 Å². The van der Waals surface area contributed by atoms with Crippen molar-refractivity contribution in [3.05, 3.63) is 11.9 Å². The summed E-state index contributed by atoms with van der Waals surface area (Å²) in [6, 6.07) is 0.257. The van der Waals surface area contributed by atoms with Crippen molar-refractivity contribution in [1.29, 1.82) is 0 Å². The average Bonchev–Trinajstić information content (AvgIpc) is 2.99. The minimum Gasteiger partial charge on any atom is -0.369 e. The number of rotatable bonds is 3. The summed E-state index contributed by atoms with van der Waals surface area (Å²) >= 11 is 0. The third-order valence-corrected chi connectivity index (χ3v) is 4.57. The lowest BCUT2D eigenvalue weighted by Gasteiger charge is -2.27. The number of fused-ring (bicyclic) bond motifs is 1. The van der Waals surface area contributed by atoms with Gasteiger partial charge in [-0.2, -0.15) is 0 Å². The van der Waals surface area contributed by atoms with Gasteiger partial charge in [-0.3, -0.25) is 4.79 Å². The van der Waals surface area contributed by atoms with Gasteiger partial charge in [-0.05, 0) is 18.4 Å². The SMILES string of the molecule is CN1CC(=O)N(C2CCNC2)Cc2c(NCC(C)(C)C)ncnc21. The molecule has 1 aromatic rings. The monoisotopic (exact) mass is 332 g/mol. The van der Waals surface area contributed by atoms with E-state index in [9.17, 15) is 4.79 Å². The molecule has 0 aromatic carbocycles. The van der Waals surface area contributed by atoms with Gasteiger partial charge in [-0.1, -0.05) is 20.8 Å². The predicted molar refractivity (Wildman–Crippen MR) is 95.1 cm³/mol. The Morgan fingerprint density at radius 2 is 2.12 bits per heavy atom. The highest BCUT2D eigenvalue weighted by atomic mass is 16.2. The van der Waals surface area contributed by atoms with Crippen LogP contribution in [0.4, 0.5) is 11.6 Å². The maximum absolute atomic E-state index is 12.7. The second kappa shape index (κ2) is 6.55. The van der Waals surface area contributed by atoms with Crippen LogP contribution in [0.25, 0.3) is 0 Å². The van der Waals surface area contributed by atoms with Crippen LogP contribution in [0.2, 0.25) is 0 Å². The maximum Gasteiger partial charge on any atom is 0.242 e. The largest absolute Gasteiger partial charge is 0.369 e. The van der Waals surface area contributed by atoms with E-state index in [4.69, 9.17) is 0 Å². The van der Waals surface area contributed by atoms with Crippen LogP contribution in [0, 0.1) is 5.41 Å². The lowest BCUT2D eigenvalue weighted by atomic mass is 9.97. The number of aromatic nitrogens is 2. The zero-order valence-electron chi connectivity index (χ0n) is 15.1. The van der Waals surface area contributed by atoms with E-state index in [1.54, 1.807) is 6.33 Å². The second-order valence-corrected chi connectivity index (χ2v) is 7.96. The van der Waals surface area contributed by atoms with Gasteiger partial charge in [0.2, 0.25) is 5.91 Å². The molecule has 1 fully saturated rings. The standard InChI is InChI=1S/C17H28N6O/c1-17(2,3)10-19-15-13-8-23(12-5-6-18-7-12)14(24)9-22(4)16(13)21-11-20-15/h11-12,18H,5-10H2,1-4H3,(H,19,20,21). The van der Waals surface area contributed by atoms with Crippen molar-refractivity contribution in [2.24, 2.45) is 5.41 Å². The highest BCUT2D eigenvalue weighted by Gasteiger charge is 2.32. The first-order valence-corrected chi connectivity index (χ1v) is 8.64. The van der Waals surface area contributed by atoms with Crippen LogP contribution in [-0.2, 0) is 11.3 Å². The van der Waals surface area contributed by atoms with Crippen LogP contribution in [0.1, 0.15) is 32.8 Å². The van der Waals surface area contributed by atoms with Crippen LogP contribution >= 0.6 is 0 Å². The van der Waals surface area contributed by atoms with Crippen LogP contribution in [0.15, 0.2) is 6.33 Å². The molecular weight excluding hydrogens is 304 g/mol. The van der Waals surface area contributed by atoms with E-state index in [2.05, 4.69) is 41.4 Å². The molecule has 1 aromatic heterocycles. The van der Waals surface area contributed by atoms with E-state index in [-0.39, 0.29) is 17.4 Å². The van der Waals surface area contributed by atoms with Crippen molar-refractivity contribution in [1.82, 2.24) is 20.2 Å². The number of carbonyl (C=O) groups is 1. The molecule has 7 heteroatoms. The Kier molecular flexibility index (Phi) is 4.62. The molecule has 1 atom stereocenters. The van der Waals surface area contributed by atoms with Gasteiger partial charge in [-0.15, -0.1) is 0 Å². The van der Waals surface area contributed by atoms with Gasteiger partial charge in [0.05, 0.1) is 18.7 Å². The minimum absolute atomic E-state index is 0.152. The summed E-state index contributed by atoms with van der Waals surface area (Å²) in [7, 11) is 1.92. The molecule has 0 saturated carbocycles. The van der Waals surface area contributed by atoms with Crippen molar-refractivity contribution < 1.29 is 4.79 Å². The van der Waals surface area contributed by atoms with E-state index in [0.717, 1.165) is 43.3 Å². The fraction of sp³-hybridized carbons (Fsp3) is 0.706. The second-order valence-electron chi connectivity index (χ2n) is 7.96. The summed E-state index contributed by atoms with van der Waals surface area (Å²) in [6.07, 6.45) is 2.58. The van der Waals surface area contributed by atoms with Gasteiger partial charge >= 0.3 is 0 Å². The van der Waals surface area contributed by atoms with Gasteiger partial charge in [0.1, 0.15) is 18.0 Å². The number of anilines is 2. The Morgan fingerprint density at radius 1 is 1.33 bits per heavy atom. The predicted octanol–water partition coefficient (Wildman–Crippen LogP) is 1.07. The molecule has 0 radical (unpaired) electrons. The Labute approximate surface area is 143 Å². The van der Waals surface area contributed by atoms with Gasteiger partial charge in [0.15, 0.2) is 0 Å². The summed E-state index contributed by atoms with van der Waals surface area (Å²) < 4.78 is 0. The van der Waals surface area contributed by atoms with E-state index < -0.39 is 0 Å². The van der Waals surface area contributed by atoms with Crippen molar-refractivity contribution >= 4 is 17.5 Å². The molecule has 1 unspecified atom stereocenters. The lowest BCUT2D eigenvalue weighted by Crippen LogP contribution is -2.43. The van der Waals surface area contributed by atoms with Crippen molar-refractivity contribution in [3.63, 3.8) is 0 Å². The molecule has 3 rings (SSSR count). The first-order valence-electron chi connectivity index (χ1n) is 8.64. The molecule has 2 aliphatic rings. The van der Waals surface area contributed by atoms with E-state index in [1.807, 2.05) is 16.8 Å². The normalized spacial score (nSPS) is 21.7. The first-order chi connectivity index (χ1) is 11.3. The number of hydrogen-bond acceptors (Lipinski definition) is 6. The van der Waals surface area contributed by atoms with Gasteiger partial charge in [0, 0.05) is 26.2 Å². The summed E-state index contributed by atoms with van der Waals surface area (Å²) in [5.74, 6) is 1.85. The average molecular weight is 332 g/mol. The highest BCUT2D eigenvalue weighted by Crippen LogP contribution is 2.29. The molecule has 0 spiro atoms. The first kappa shape index (κ1) is 17.0. The summed E-state index contributed by atoms with van der Waals surface area (Å²) in [5, 5.41) is 6.81. The molecule has 2 aliphatic heterocycles. The summed E-state index contributed by atoms with van der Waals surface area (Å²) in [4.78, 5) is 25.5. The van der Waals surface area contributed by atoms with Crippen LogP contribution < -0.4 is 15.5 Å². The number of likely N-dealkylation sites (N-methyl/N-ethyl adjacent to an activating group) is 1.